The number of carbonyl (C=O) groups is 3. The van der Waals surface area contributed by atoms with Crippen LogP contribution in [0.4, 0.5) is 4.39 Å². The van der Waals surface area contributed by atoms with Gasteiger partial charge in [0.05, 0.1) is 6.04 Å². The summed E-state index contributed by atoms with van der Waals surface area (Å²) in [6.07, 6.45) is 0.0731. The lowest BCUT2D eigenvalue weighted by molar-refractivity contribution is -0.150. The van der Waals surface area contributed by atoms with E-state index in [1.807, 2.05) is 0 Å². The minimum Gasteiger partial charge on any atom is -0.501 e. The fraction of sp³-hybridized carbons (Fsp3) is 0.409. The molecule has 0 saturated carbocycles. The predicted molar refractivity (Wildman–Crippen MR) is 120 cm³/mol. The van der Waals surface area contributed by atoms with Crippen LogP contribution in [0.2, 0.25) is 0 Å². The highest BCUT2D eigenvalue weighted by Gasteiger charge is 2.30. The number of aromatic hydroxyl groups is 1. The van der Waals surface area contributed by atoms with Crippen molar-refractivity contribution >= 4 is 17.7 Å². The van der Waals surface area contributed by atoms with Crippen LogP contribution in [-0.2, 0) is 29.1 Å². The van der Waals surface area contributed by atoms with Crippen LogP contribution in [0.5, 0.6) is 5.75 Å². The Kier molecular flexibility index (Phi) is 7.61. The number of likely N-dealkylation sites (N-methyl/N-ethyl adjacent to an activating group) is 2. The van der Waals surface area contributed by atoms with E-state index in [1.54, 1.807) is 0 Å². The molecule has 1 aliphatic rings. The monoisotopic (exact) mass is 474 g/mol. The molecule has 34 heavy (non-hydrogen) atoms. The van der Waals surface area contributed by atoms with Crippen LogP contribution in [0, 0.1) is 5.82 Å². The first kappa shape index (κ1) is 24.8. The number of fused-ring (bicyclic) bond motifs is 1. The van der Waals surface area contributed by atoms with Crippen LogP contribution in [-0.4, -0.2) is 82.5 Å². The van der Waals surface area contributed by atoms with Gasteiger partial charge in [-0.15, -0.1) is 0 Å². The second-order valence-electron chi connectivity index (χ2n) is 8.17. The Bertz CT molecular complexity index is 1150. The van der Waals surface area contributed by atoms with Crippen LogP contribution in [0.25, 0.3) is 0 Å². The van der Waals surface area contributed by atoms with Crippen molar-refractivity contribution in [2.75, 3.05) is 34.2 Å². The maximum Gasteiger partial charge on any atom is 0.312 e. The summed E-state index contributed by atoms with van der Waals surface area (Å²) in [4.78, 5) is 56.8. The molecule has 3 amide bonds. The maximum absolute atomic E-state index is 13.1. The Morgan fingerprint density at radius 1 is 1.21 bits per heavy atom. The number of aromatic nitrogens is 2. The van der Waals surface area contributed by atoms with Gasteiger partial charge in [-0.05, 0) is 17.7 Å². The molecule has 11 nitrogen and oxygen atoms in total. The fourth-order valence-electron chi connectivity index (χ4n) is 3.53. The van der Waals surface area contributed by atoms with E-state index in [2.05, 4.69) is 15.6 Å². The molecule has 0 aliphatic carbocycles. The Morgan fingerprint density at radius 2 is 1.88 bits per heavy atom. The number of halogens is 1. The molecule has 1 aliphatic heterocycles. The summed E-state index contributed by atoms with van der Waals surface area (Å²) >= 11 is 0. The number of carbonyl (C=O) groups excluding carboxylic acids is 3. The van der Waals surface area contributed by atoms with Crippen molar-refractivity contribution in [3.05, 3.63) is 57.5 Å². The van der Waals surface area contributed by atoms with Gasteiger partial charge in [-0.1, -0.05) is 12.1 Å². The van der Waals surface area contributed by atoms with Crippen molar-refractivity contribution in [1.82, 2.24) is 30.0 Å². The second-order valence-corrected chi connectivity index (χ2v) is 8.17. The van der Waals surface area contributed by atoms with Crippen LogP contribution < -0.4 is 16.2 Å². The lowest BCUT2D eigenvalue weighted by Gasteiger charge is -2.31. The van der Waals surface area contributed by atoms with Gasteiger partial charge < -0.3 is 25.5 Å². The van der Waals surface area contributed by atoms with E-state index in [4.69, 9.17) is 0 Å². The molecule has 1 aromatic heterocycles. The fourth-order valence-corrected chi connectivity index (χ4v) is 3.53. The van der Waals surface area contributed by atoms with Gasteiger partial charge in [-0.25, -0.2) is 9.37 Å². The third kappa shape index (κ3) is 5.39. The number of amides is 3. The molecule has 3 rings (SSSR count). The van der Waals surface area contributed by atoms with Gasteiger partial charge >= 0.3 is 11.8 Å². The zero-order chi connectivity index (χ0) is 25.0. The maximum atomic E-state index is 13.1. The third-order valence-electron chi connectivity index (χ3n) is 5.57. The van der Waals surface area contributed by atoms with Gasteiger partial charge in [0.25, 0.3) is 11.5 Å². The molecule has 12 heteroatoms. The Balaban J connectivity index is 1.87. The topological polar surface area (TPSA) is 137 Å². The van der Waals surface area contributed by atoms with Crippen molar-refractivity contribution in [2.24, 2.45) is 0 Å². The van der Waals surface area contributed by atoms with Crippen molar-refractivity contribution < 1.29 is 23.9 Å². The van der Waals surface area contributed by atoms with Crippen LogP contribution in [0.15, 0.2) is 29.1 Å². The van der Waals surface area contributed by atoms with Crippen molar-refractivity contribution in [3.63, 3.8) is 0 Å². The molecule has 0 saturated heterocycles. The molecule has 3 N–H and O–H groups in total. The highest BCUT2D eigenvalue weighted by atomic mass is 19.1. The second kappa shape index (κ2) is 10.4. The van der Waals surface area contributed by atoms with Crippen molar-refractivity contribution in [2.45, 2.75) is 25.6 Å². The Morgan fingerprint density at radius 3 is 2.53 bits per heavy atom. The lowest BCUT2D eigenvalue weighted by atomic mass is 10.1. The average Bonchev–Trinajstić information content (AvgIpc) is 2.80. The summed E-state index contributed by atoms with van der Waals surface area (Å²) in [6, 6.07) is 4.97. The minimum absolute atomic E-state index is 0.0368. The molecule has 0 spiro atoms. The predicted octanol–water partition coefficient (Wildman–Crippen LogP) is -0.921. The van der Waals surface area contributed by atoms with E-state index in [9.17, 15) is 28.7 Å². The molecular weight excluding hydrogens is 447 g/mol. The number of rotatable bonds is 4. The summed E-state index contributed by atoms with van der Waals surface area (Å²) in [5.74, 6) is -3.18. The summed E-state index contributed by atoms with van der Waals surface area (Å²) in [6.45, 7) is 0.929. The van der Waals surface area contributed by atoms with Crippen LogP contribution in [0.3, 0.4) is 0 Å². The van der Waals surface area contributed by atoms with E-state index in [0.29, 0.717) is 18.7 Å². The standard InChI is InChI=1S/C22H27FN6O5/c1-27(2)21(33)22(34)28(3)15-10-16-26-17(18(30)20(32)29(16)9-8-24-12-15)19(31)25-11-13-4-6-14(23)7-5-13/h4-7,15,24,30H,8-12H2,1-3H3,(H,25,31). The normalized spacial score (nSPS) is 15.5. The molecule has 1 aromatic carbocycles. The zero-order valence-electron chi connectivity index (χ0n) is 19.2. The first-order valence-corrected chi connectivity index (χ1v) is 10.6. The van der Waals surface area contributed by atoms with Crippen molar-refractivity contribution in [3.8, 4) is 5.75 Å². The molecule has 0 radical (unpaired) electrons. The quantitative estimate of drug-likeness (QED) is 0.488. The summed E-state index contributed by atoms with van der Waals surface area (Å²) < 4.78 is 14.3. The lowest BCUT2D eigenvalue weighted by Crippen LogP contribution is -2.51. The van der Waals surface area contributed by atoms with Crippen molar-refractivity contribution in [1.29, 1.82) is 0 Å². The number of nitrogens with one attached hydrogen (secondary N) is 2. The Labute approximate surface area is 195 Å². The summed E-state index contributed by atoms with van der Waals surface area (Å²) in [7, 11) is 4.43. The number of hydrogen-bond acceptors (Lipinski definition) is 7. The van der Waals surface area contributed by atoms with Gasteiger partial charge in [0.2, 0.25) is 5.75 Å². The zero-order valence-corrected chi connectivity index (χ0v) is 19.2. The third-order valence-corrected chi connectivity index (χ3v) is 5.57. The number of nitrogens with zero attached hydrogens (tertiary/aromatic N) is 4. The van der Waals surface area contributed by atoms with Crippen LogP contribution in [0.1, 0.15) is 21.9 Å². The number of benzene rings is 1. The largest absolute Gasteiger partial charge is 0.501 e. The highest BCUT2D eigenvalue weighted by molar-refractivity contribution is 6.34. The first-order valence-electron chi connectivity index (χ1n) is 10.6. The SMILES string of the molecule is CN(C)C(=O)C(=O)N(C)C1CNCCn2c(nc(C(=O)NCc3ccc(F)cc3)c(O)c2=O)C1. The van der Waals surface area contributed by atoms with Gasteiger partial charge in [0, 0.05) is 53.7 Å². The van der Waals surface area contributed by atoms with E-state index < -0.39 is 46.6 Å². The van der Waals surface area contributed by atoms with Gasteiger partial charge in [-0.3, -0.25) is 23.7 Å². The minimum atomic E-state index is -0.787. The highest BCUT2D eigenvalue weighted by Crippen LogP contribution is 2.15. The van der Waals surface area contributed by atoms with Crippen LogP contribution >= 0.6 is 0 Å². The molecule has 0 bridgehead atoms. The number of hydrogen-bond donors (Lipinski definition) is 3. The smallest absolute Gasteiger partial charge is 0.312 e. The van der Waals surface area contributed by atoms with E-state index in [-0.39, 0.29) is 25.3 Å². The van der Waals surface area contributed by atoms with Gasteiger partial charge in [-0.2, -0.15) is 0 Å². The molecule has 182 valence electrons. The van der Waals surface area contributed by atoms with Gasteiger partial charge in [0.1, 0.15) is 11.6 Å². The molecule has 1 unspecified atom stereocenters. The van der Waals surface area contributed by atoms with E-state index >= 15 is 0 Å². The first-order chi connectivity index (χ1) is 16.1. The van der Waals surface area contributed by atoms with E-state index in [1.165, 1.54) is 59.8 Å². The molecule has 2 aromatic rings. The molecular formula is C22H27FN6O5. The molecule has 1 atom stereocenters. The van der Waals surface area contributed by atoms with Gasteiger partial charge in [0.15, 0.2) is 5.69 Å². The summed E-state index contributed by atoms with van der Waals surface area (Å²) in [5, 5.41) is 16.0. The Hall–Kier alpha value is -3.80. The molecule has 0 fully saturated rings. The summed E-state index contributed by atoms with van der Waals surface area (Å²) in [5.41, 5.74) is -0.601. The average molecular weight is 474 g/mol. The van der Waals surface area contributed by atoms with E-state index in [0.717, 1.165) is 0 Å². The molecule has 2 heterocycles.